The zero-order chi connectivity index (χ0) is 31.2. The van der Waals surface area contributed by atoms with Crippen LogP contribution in [0, 0.1) is 5.92 Å². The van der Waals surface area contributed by atoms with Crippen LogP contribution in [0.4, 0.5) is 0 Å². The van der Waals surface area contributed by atoms with Gasteiger partial charge >= 0.3 is 0 Å². The molecule has 2 aliphatic carbocycles. The van der Waals surface area contributed by atoms with Gasteiger partial charge in [0.2, 0.25) is 0 Å². The number of fused-ring (bicyclic) bond motifs is 3. The molecule has 2 unspecified atom stereocenters. The van der Waals surface area contributed by atoms with Gasteiger partial charge in [-0.25, -0.2) is 4.98 Å². The number of benzene rings is 6. The lowest BCUT2D eigenvalue weighted by molar-refractivity contribution is 0.650. The van der Waals surface area contributed by atoms with Crippen molar-refractivity contribution in [1.82, 2.24) is 9.55 Å². The van der Waals surface area contributed by atoms with Crippen molar-refractivity contribution in [2.24, 2.45) is 5.92 Å². The average molecular weight is 601 g/mol. The zero-order valence-electron chi connectivity index (χ0n) is 25.9. The SMILES string of the molecule is C1=CC2=C(c3ccccc3)c3ccccc3C(c3ccccc3)C2C=C1c1ccc(-c2nc3ccccc3n2-c2ccccc2)cc1. The van der Waals surface area contributed by atoms with Crippen LogP contribution in [0.5, 0.6) is 0 Å². The Morgan fingerprint density at radius 2 is 1.15 bits per heavy atom. The number of hydrogen-bond acceptors (Lipinski definition) is 1. The molecule has 0 spiro atoms. The summed E-state index contributed by atoms with van der Waals surface area (Å²) in [5.41, 5.74) is 14.8. The second kappa shape index (κ2) is 11.4. The van der Waals surface area contributed by atoms with Crippen molar-refractivity contribution in [1.29, 1.82) is 0 Å². The Kier molecular flexibility index (Phi) is 6.64. The highest BCUT2D eigenvalue weighted by Gasteiger charge is 2.36. The first-order valence-corrected chi connectivity index (χ1v) is 16.3. The van der Waals surface area contributed by atoms with Crippen molar-refractivity contribution in [2.75, 3.05) is 0 Å². The summed E-state index contributed by atoms with van der Waals surface area (Å²) in [6, 6.07) is 58.7. The lowest BCUT2D eigenvalue weighted by atomic mass is 9.65. The molecule has 0 fully saturated rings. The maximum atomic E-state index is 5.09. The third kappa shape index (κ3) is 4.69. The molecule has 2 nitrogen and oxygen atoms in total. The molecule has 0 amide bonds. The zero-order valence-corrected chi connectivity index (χ0v) is 25.9. The topological polar surface area (TPSA) is 17.8 Å². The molecule has 7 aromatic rings. The molecule has 47 heavy (non-hydrogen) atoms. The van der Waals surface area contributed by atoms with Gasteiger partial charge in [0, 0.05) is 23.1 Å². The van der Waals surface area contributed by atoms with Crippen molar-refractivity contribution in [2.45, 2.75) is 5.92 Å². The highest BCUT2D eigenvalue weighted by molar-refractivity contribution is 5.91. The second-order valence-corrected chi connectivity index (χ2v) is 12.3. The number of hydrogen-bond donors (Lipinski definition) is 0. The van der Waals surface area contributed by atoms with Crippen LogP contribution < -0.4 is 0 Å². The van der Waals surface area contributed by atoms with Crippen LogP contribution in [-0.2, 0) is 0 Å². The maximum Gasteiger partial charge on any atom is 0.145 e. The summed E-state index contributed by atoms with van der Waals surface area (Å²) in [4.78, 5) is 5.09. The summed E-state index contributed by atoms with van der Waals surface area (Å²) in [6.07, 6.45) is 7.18. The Morgan fingerprint density at radius 1 is 0.511 bits per heavy atom. The Hall–Kier alpha value is -5.99. The lowest BCUT2D eigenvalue weighted by Gasteiger charge is -2.37. The Morgan fingerprint density at radius 3 is 1.94 bits per heavy atom. The molecule has 1 heterocycles. The van der Waals surface area contributed by atoms with Crippen LogP contribution in [-0.4, -0.2) is 9.55 Å². The van der Waals surface area contributed by atoms with E-state index in [4.69, 9.17) is 4.98 Å². The van der Waals surface area contributed by atoms with Gasteiger partial charge in [-0.05, 0) is 68.8 Å². The van der Waals surface area contributed by atoms with Gasteiger partial charge in [-0.15, -0.1) is 0 Å². The van der Waals surface area contributed by atoms with Gasteiger partial charge in [0.05, 0.1) is 11.0 Å². The van der Waals surface area contributed by atoms with E-state index < -0.39 is 0 Å². The van der Waals surface area contributed by atoms with E-state index in [1.54, 1.807) is 0 Å². The van der Waals surface area contributed by atoms with Crippen LogP contribution in [0.1, 0.15) is 33.7 Å². The molecule has 6 aromatic carbocycles. The molecule has 0 N–H and O–H groups in total. The van der Waals surface area contributed by atoms with Crippen LogP contribution in [0.2, 0.25) is 0 Å². The van der Waals surface area contributed by atoms with E-state index in [2.05, 4.69) is 187 Å². The molecular weight excluding hydrogens is 569 g/mol. The highest BCUT2D eigenvalue weighted by Crippen LogP contribution is 2.51. The maximum absolute atomic E-state index is 5.09. The largest absolute Gasteiger partial charge is 0.292 e. The van der Waals surface area contributed by atoms with E-state index in [0.717, 1.165) is 28.1 Å². The van der Waals surface area contributed by atoms with Crippen molar-refractivity contribution < 1.29 is 0 Å². The lowest BCUT2D eigenvalue weighted by Crippen LogP contribution is -2.23. The first-order valence-electron chi connectivity index (χ1n) is 16.3. The highest BCUT2D eigenvalue weighted by atomic mass is 15.1. The van der Waals surface area contributed by atoms with Crippen molar-refractivity contribution in [3.8, 4) is 17.1 Å². The number of nitrogens with zero attached hydrogens (tertiary/aromatic N) is 2. The van der Waals surface area contributed by atoms with Crippen molar-refractivity contribution >= 4 is 22.2 Å². The van der Waals surface area contributed by atoms with Gasteiger partial charge in [0.15, 0.2) is 0 Å². The summed E-state index contributed by atoms with van der Waals surface area (Å²) in [7, 11) is 0. The van der Waals surface area contributed by atoms with Crippen LogP contribution >= 0.6 is 0 Å². The fourth-order valence-corrected chi connectivity index (χ4v) is 7.54. The van der Waals surface area contributed by atoms with Gasteiger partial charge in [-0.2, -0.15) is 0 Å². The fraction of sp³-hybridized carbons (Fsp3) is 0.0444. The van der Waals surface area contributed by atoms with E-state index in [0.29, 0.717) is 0 Å². The number of aromatic nitrogens is 2. The molecule has 0 saturated heterocycles. The number of rotatable bonds is 5. The first kappa shape index (κ1) is 27.3. The molecule has 2 aliphatic rings. The molecule has 0 saturated carbocycles. The standard InChI is InChI=1S/C45H32N2/c1-4-14-32(15-5-1)43-37-20-10-11-21-38(37)44(33-16-6-2-7-17-33)40-30-35(28-29-39(40)43)31-24-26-34(27-25-31)45-46-41-22-12-13-23-42(41)47(45)36-18-8-3-9-19-36/h1-30,40,44H. The molecule has 9 rings (SSSR count). The summed E-state index contributed by atoms with van der Waals surface area (Å²) < 4.78 is 2.26. The monoisotopic (exact) mass is 600 g/mol. The third-order valence-corrected chi connectivity index (χ3v) is 9.65. The van der Waals surface area contributed by atoms with Crippen molar-refractivity contribution in [3.63, 3.8) is 0 Å². The van der Waals surface area contributed by atoms with Gasteiger partial charge in [0.25, 0.3) is 0 Å². The molecule has 0 bridgehead atoms. The van der Waals surface area contributed by atoms with Gasteiger partial charge in [-0.3, -0.25) is 4.57 Å². The number of imidazole rings is 1. The average Bonchev–Trinajstić information content (AvgIpc) is 3.54. The summed E-state index contributed by atoms with van der Waals surface area (Å²) in [5.74, 6) is 1.37. The predicted molar refractivity (Wildman–Crippen MR) is 194 cm³/mol. The summed E-state index contributed by atoms with van der Waals surface area (Å²) >= 11 is 0. The van der Waals surface area contributed by atoms with Crippen LogP contribution in [0.25, 0.3) is 39.3 Å². The molecular formula is C45H32N2. The van der Waals surface area contributed by atoms with E-state index in [1.165, 1.54) is 44.5 Å². The smallest absolute Gasteiger partial charge is 0.145 e. The quantitative estimate of drug-likeness (QED) is 0.192. The molecule has 0 radical (unpaired) electrons. The van der Waals surface area contributed by atoms with Gasteiger partial charge < -0.3 is 0 Å². The predicted octanol–water partition coefficient (Wildman–Crippen LogP) is 10.9. The van der Waals surface area contributed by atoms with Crippen LogP contribution in [0.3, 0.4) is 0 Å². The normalized spacial score (nSPS) is 16.9. The minimum atomic E-state index is 0.199. The molecule has 0 aliphatic heterocycles. The Bertz CT molecular complexity index is 2320. The molecule has 222 valence electrons. The molecule has 2 heteroatoms. The second-order valence-electron chi connectivity index (χ2n) is 12.3. The number of para-hydroxylation sites is 3. The van der Waals surface area contributed by atoms with E-state index >= 15 is 0 Å². The van der Waals surface area contributed by atoms with Crippen LogP contribution in [0.15, 0.2) is 188 Å². The third-order valence-electron chi connectivity index (χ3n) is 9.65. The van der Waals surface area contributed by atoms with Gasteiger partial charge in [0.1, 0.15) is 5.82 Å². The summed E-state index contributed by atoms with van der Waals surface area (Å²) in [6.45, 7) is 0. The minimum absolute atomic E-state index is 0.199. The van der Waals surface area contributed by atoms with E-state index in [-0.39, 0.29) is 11.8 Å². The van der Waals surface area contributed by atoms with E-state index in [9.17, 15) is 0 Å². The van der Waals surface area contributed by atoms with Crippen molar-refractivity contribution in [3.05, 3.63) is 215 Å². The molecule has 1 aromatic heterocycles. The minimum Gasteiger partial charge on any atom is -0.292 e. The van der Waals surface area contributed by atoms with E-state index in [1.807, 2.05) is 0 Å². The fourth-order valence-electron chi connectivity index (χ4n) is 7.54. The Balaban J connectivity index is 1.16. The first-order chi connectivity index (χ1) is 23.3. The van der Waals surface area contributed by atoms with Gasteiger partial charge in [-0.1, -0.05) is 158 Å². The summed E-state index contributed by atoms with van der Waals surface area (Å²) in [5, 5.41) is 0. The number of allylic oxidation sites excluding steroid dienone is 5. The Labute approximate surface area is 275 Å². The molecule has 2 atom stereocenters.